The molecule has 5 heteroatoms. The van der Waals surface area contributed by atoms with Gasteiger partial charge in [0.15, 0.2) is 0 Å². The van der Waals surface area contributed by atoms with Crippen LogP contribution >= 0.6 is 0 Å². The van der Waals surface area contributed by atoms with Crippen LogP contribution in [0.15, 0.2) is 42.7 Å². The van der Waals surface area contributed by atoms with E-state index in [1.807, 2.05) is 43.5 Å². The molecule has 2 aromatic rings. The summed E-state index contributed by atoms with van der Waals surface area (Å²) in [6.07, 6.45) is 4.14. The fraction of sp³-hybridized carbons (Fsp3) is 0.286. The number of rotatable bonds is 6. The van der Waals surface area contributed by atoms with Crippen molar-refractivity contribution in [3.05, 3.63) is 48.3 Å². The molecule has 1 atom stereocenters. The van der Waals surface area contributed by atoms with Crippen molar-refractivity contribution in [1.82, 2.24) is 15.1 Å². The van der Waals surface area contributed by atoms with Gasteiger partial charge in [0.25, 0.3) is 0 Å². The molecule has 1 unspecified atom stereocenters. The Labute approximate surface area is 111 Å². The van der Waals surface area contributed by atoms with Gasteiger partial charge in [-0.3, -0.25) is 4.79 Å². The second-order valence-corrected chi connectivity index (χ2v) is 4.26. The van der Waals surface area contributed by atoms with E-state index in [1.54, 1.807) is 10.9 Å². The summed E-state index contributed by atoms with van der Waals surface area (Å²) in [5.41, 5.74) is 1.98. The average Bonchev–Trinajstić information content (AvgIpc) is 2.93. The smallest absolute Gasteiger partial charge is 0.320 e. The van der Waals surface area contributed by atoms with Crippen LogP contribution in [-0.2, 0) is 11.3 Å². The maximum atomic E-state index is 11.0. The van der Waals surface area contributed by atoms with E-state index in [-0.39, 0.29) is 0 Å². The van der Waals surface area contributed by atoms with Gasteiger partial charge in [-0.15, -0.1) is 0 Å². The van der Waals surface area contributed by atoms with Crippen molar-refractivity contribution in [2.75, 3.05) is 0 Å². The quantitative estimate of drug-likeness (QED) is 0.830. The molecule has 0 radical (unpaired) electrons. The predicted molar refractivity (Wildman–Crippen MR) is 72.1 cm³/mol. The van der Waals surface area contributed by atoms with Gasteiger partial charge in [-0.1, -0.05) is 25.1 Å². The summed E-state index contributed by atoms with van der Waals surface area (Å²) in [7, 11) is 0. The normalized spacial score (nSPS) is 12.3. The number of carbonyl (C=O) groups is 1. The zero-order valence-corrected chi connectivity index (χ0v) is 10.8. The first kappa shape index (κ1) is 13.3. The number of aromatic nitrogens is 2. The zero-order valence-electron chi connectivity index (χ0n) is 10.8. The van der Waals surface area contributed by atoms with Crippen molar-refractivity contribution in [3.63, 3.8) is 0 Å². The van der Waals surface area contributed by atoms with Crippen molar-refractivity contribution in [2.45, 2.75) is 25.9 Å². The number of nitrogens with one attached hydrogen (secondary N) is 1. The predicted octanol–water partition coefficient (Wildman–Crippen LogP) is 1.83. The average molecular weight is 259 g/mol. The molecule has 1 aromatic carbocycles. The Morgan fingerprint density at radius 1 is 1.42 bits per heavy atom. The van der Waals surface area contributed by atoms with E-state index in [9.17, 15) is 4.79 Å². The number of carboxylic acid groups (broad SMARTS) is 1. The second-order valence-electron chi connectivity index (χ2n) is 4.26. The van der Waals surface area contributed by atoms with Crippen LogP contribution in [0.1, 0.15) is 18.9 Å². The molecule has 0 saturated carbocycles. The molecule has 0 aliphatic carbocycles. The van der Waals surface area contributed by atoms with Crippen LogP contribution in [0.4, 0.5) is 0 Å². The zero-order chi connectivity index (χ0) is 13.7. The lowest BCUT2D eigenvalue weighted by Crippen LogP contribution is -2.35. The first-order chi connectivity index (χ1) is 9.22. The third-order valence-electron chi connectivity index (χ3n) is 2.99. The molecule has 5 nitrogen and oxygen atoms in total. The number of nitrogens with zero attached hydrogens (tertiary/aromatic N) is 2. The third kappa shape index (κ3) is 3.20. The van der Waals surface area contributed by atoms with Gasteiger partial charge in [0.2, 0.25) is 0 Å². The lowest BCUT2D eigenvalue weighted by Gasteiger charge is -2.14. The Hall–Kier alpha value is -2.14. The largest absolute Gasteiger partial charge is 0.480 e. The molecule has 2 rings (SSSR count). The Balaban J connectivity index is 2.15. The van der Waals surface area contributed by atoms with Crippen molar-refractivity contribution in [3.8, 4) is 5.69 Å². The molecule has 0 saturated heterocycles. The van der Waals surface area contributed by atoms with E-state index < -0.39 is 12.0 Å². The van der Waals surface area contributed by atoms with Crippen LogP contribution in [0.3, 0.4) is 0 Å². The number of carboxylic acids is 1. The first-order valence-corrected chi connectivity index (χ1v) is 6.26. The fourth-order valence-electron chi connectivity index (χ4n) is 1.93. The van der Waals surface area contributed by atoms with E-state index in [2.05, 4.69) is 10.4 Å². The highest BCUT2D eigenvalue weighted by atomic mass is 16.4. The van der Waals surface area contributed by atoms with E-state index in [4.69, 9.17) is 5.11 Å². The van der Waals surface area contributed by atoms with Gasteiger partial charge in [0, 0.05) is 18.9 Å². The molecule has 19 heavy (non-hydrogen) atoms. The summed E-state index contributed by atoms with van der Waals surface area (Å²) >= 11 is 0. The molecule has 0 aliphatic rings. The van der Waals surface area contributed by atoms with Gasteiger partial charge in [0.05, 0.1) is 5.69 Å². The lowest BCUT2D eigenvalue weighted by molar-refractivity contribution is -0.139. The Bertz CT molecular complexity index is 537. The van der Waals surface area contributed by atoms with Gasteiger partial charge in [-0.25, -0.2) is 4.68 Å². The standard InChI is InChI=1S/C14H17N3O2/c1-2-12(14(18)19)15-10-11-6-3-4-7-13(11)17-9-5-8-16-17/h3-9,12,15H,2,10H2,1H3,(H,18,19). The summed E-state index contributed by atoms with van der Waals surface area (Å²) in [5, 5.41) is 16.3. The Morgan fingerprint density at radius 2 is 2.21 bits per heavy atom. The molecule has 0 fully saturated rings. The number of para-hydroxylation sites is 1. The topological polar surface area (TPSA) is 67.2 Å². The fourth-order valence-corrected chi connectivity index (χ4v) is 1.93. The highest BCUT2D eigenvalue weighted by molar-refractivity contribution is 5.73. The van der Waals surface area contributed by atoms with E-state index in [0.29, 0.717) is 13.0 Å². The van der Waals surface area contributed by atoms with Gasteiger partial charge in [-0.05, 0) is 24.1 Å². The minimum atomic E-state index is -0.820. The Kier molecular flexibility index (Phi) is 4.30. The van der Waals surface area contributed by atoms with Crippen molar-refractivity contribution < 1.29 is 9.90 Å². The van der Waals surface area contributed by atoms with Crippen LogP contribution < -0.4 is 5.32 Å². The first-order valence-electron chi connectivity index (χ1n) is 6.26. The third-order valence-corrected chi connectivity index (χ3v) is 2.99. The van der Waals surface area contributed by atoms with Crippen molar-refractivity contribution in [1.29, 1.82) is 0 Å². The van der Waals surface area contributed by atoms with Crippen LogP contribution in [0, 0.1) is 0 Å². The van der Waals surface area contributed by atoms with E-state index in [1.165, 1.54) is 0 Å². The molecule has 1 aromatic heterocycles. The molecule has 0 aliphatic heterocycles. The van der Waals surface area contributed by atoms with Crippen LogP contribution in [0.5, 0.6) is 0 Å². The molecular weight excluding hydrogens is 242 g/mol. The summed E-state index contributed by atoms with van der Waals surface area (Å²) in [4.78, 5) is 11.0. The molecular formula is C14H17N3O2. The van der Waals surface area contributed by atoms with E-state index in [0.717, 1.165) is 11.3 Å². The Morgan fingerprint density at radius 3 is 2.84 bits per heavy atom. The summed E-state index contributed by atoms with van der Waals surface area (Å²) in [6, 6.07) is 9.15. The number of aliphatic carboxylic acids is 1. The van der Waals surface area contributed by atoms with Gasteiger partial charge < -0.3 is 10.4 Å². The van der Waals surface area contributed by atoms with Gasteiger partial charge in [-0.2, -0.15) is 5.10 Å². The molecule has 2 N–H and O–H groups in total. The molecule has 0 bridgehead atoms. The van der Waals surface area contributed by atoms with Gasteiger partial charge >= 0.3 is 5.97 Å². The number of hydrogen-bond donors (Lipinski definition) is 2. The second kappa shape index (κ2) is 6.15. The van der Waals surface area contributed by atoms with Crippen molar-refractivity contribution in [2.24, 2.45) is 0 Å². The minimum Gasteiger partial charge on any atom is -0.480 e. The lowest BCUT2D eigenvalue weighted by atomic mass is 10.1. The molecule has 1 heterocycles. The highest BCUT2D eigenvalue weighted by Gasteiger charge is 2.14. The van der Waals surface area contributed by atoms with E-state index >= 15 is 0 Å². The molecule has 0 spiro atoms. The minimum absolute atomic E-state index is 0.501. The van der Waals surface area contributed by atoms with Crippen LogP contribution in [-0.4, -0.2) is 26.9 Å². The monoisotopic (exact) mass is 259 g/mol. The maximum absolute atomic E-state index is 11.0. The summed E-state index contributed by atoms with van der Waals surface area (Å²) < 4.78 is 1.78. The maximum Gasteiger partial charge on any atom is 0.320 e. The number of benzene rings is 1. The summed E-state index contributed by atoms with van der Waals surface area (Å²) in [6.45, 7) is 2.35. The molecule has 100 valence electrons. The van der Waals surface area contributed by atoms with Crippen LogP contribution in [0.25, 0.3) is 5.69 Å². The number of hydrogen-bond acceptors (Lipinski definition) is 3. The van der Waals surface area contributed by atoms with Crippen molar-refractivity contribution >= 4 is 5.97 Å². The highest BCUT2D eigenvalue weighted by Crippen LogP contribution is 2.13. The SMILES string of the molecule is CCC(NCc1ccccc1-n1cccn1)C(=O)O. The van der Waals surface area contributed by atoms with Crippen LogP contribution in [0.2, 0.25) is 0 Å². The molecule has 0 amide bonds. The summed E-state index contributed by atoms with van der Waals surface area (Å²) in [5.74, 6) is -0.820. The van der Waals surface area contributed by atoms with Gasteiger partial charge in [0.1, 0.15) is 6.04 Å².